The Hall–Kier alpha value is -0.570. The molecule has 1 saturated heterocycles. The van der Waals surface area contributed by atoms with E-state index in [4.69, 9.17) is 0 Å². The Morgan fingerprint density at radius 1 is 1.57 bits per heavy atom. The highest BCUT2D eigenvalue weighted by atomic mass is 16.3. The second kappa shape index (κ2) is 4.30. The van der Waals surface area contributed by atoms with Gasteiger partial charge in [0.2, 0.25) is 5.91 Å². The van der Waals surface area contributed by atoms with Crippen LogP contribution in [0.3, 0.4) is 0 Å². The first-order chi connectivity index (χ1) is 6.47. The van der Waals surface area contributed by atoms with Crippen molar-refractivity contribution in [3.63, 3.8) is 0 Å². The van der Waals surface area contributed by atoms with E-state index in [1.54, 1.807) is 0 Å². The van der Waals surface area contributed by atoms with Crippen LogP contribution in [-0.2, 0) is 4.79 Å². The summed E-state index contributed by atoms with van der Waals surface area (Å²) >= 11 is 0. The van der Waals surface area contributed by atoms with Crippen molar-refractivity contribution in [3.8, 4) is 0 Å². The van der Waals surface area contributed by atoms with Gasteiger partial charge in [-0.15, -0.1) is 0 Å². The van der Waals surface area contributed by atoms with Gasteiger partial charge in [0.25, 0.3) is 0 Å². The first-order valence-corrected chi connectivity index (χ1v) is 5.46. The molecule has 1 aliphatic heterocycles. The minimum atomic E-state index is -0.337. The Balaban J connectivity index is 2.54. The number of carbonyl (C=O) groups excluding carboxylic acids is 1. The maximum Gasteiger partial charge on any atom is 0.223 e. The second-order valence-corrected chi connectivity index (χ2v) is 4.78. The van der Waals surface area contributed by atoms with E-state index in [2.05, 4.69) is 6.92 Å². The summed E-state index contributed by atoms with van der Waals surface area (Å²) in [6.45, 7) is 6.63. The quantitative estimate of drug-likeness (QED) is 0.749. The Kier molecular flexibility index (Phi) is 3.53. The average Bonchev–Trinajstić information content (AvgIpc) is 2.35. The van der Waals surface area contributed by atoms with E-state index in [0.29, 0.717) is 19.4 Å². The zero-order valence-corrected chi connectivity index (χ0v) is 9.42. The van der Waals surface area contributed by atoms with E-state index in [1.807, 2.05) is 18.7 Å². The first kappa shape index (κ1) is 11.5. The van der Waals surface area contributed by atoms with Crippen molar-refractivity contribution in [1.82, 2.24) is 4.90 Å². The number of likely N-dealkylation sites (tertiary alicyclic amines) is 1. The van der Waals surface area contributed by atoms with Crippen LogP contribution in [0, 0.1) is 0 Å². The van der Waals surface area contributed by atoms with Gasteiger partial charge in [-0.05, 0) is 26.7 Å². The number of amides is 1. The molecule has 82 valence electrons. The SMILES string of the molecule is CCCCC(=O)N1CC(O)CC1(C)C. The molecule has 3 nitrogen and oxygen atoms in total. The van der Waals surface area contributed by atoms with Crippen molar-refractivity contribution in [1.29, 1.82) is 0 Å². The van der Waals surface area contributed by atoms with Crippen molar-refractivity contribution >= 4 is 5.91 Å². The summed E-state index contributed by atoms with van der Waals surface area (Å²) in [5.41, 5.74) is -0.162. The molecule has 0 aliphatic carbocycles. The number of aliphatic hydroxyl groups is 1. The van der Waals surface area contributed by atoms with E-state index in [0.717, 1.165) is 12.8 Å². The summed E-state index contributed by atoms with van der Waals surface area (Å²) in [7, 11) is 0. The molecule has 0 radical (unpaired) electrons. The molecular formula is C11H21NO2. The molecule has 1 rings (SSSR count). The standard InChI is InChI=1S/C11H21NO2/c1-4-5-6-10(14)12-8-9(13)7-11(12,2)3/h9,13H,4-8H2,1-3H3. The summed E-state index contributed by atoms with van der Waals surface area (Å²) in [5, 5.41) is 9.52. The maximum absolute atomic E-state index is 11.8. The van der Waals surface area contributed by atoms with Crippen LogP contribution in [0.15, 0.2) is 0 Å². The topological polar surface area (TPSA) is 40.5 Å². The summed E-state index contributed by atoms with van der Waals surface area (Å²) in [6.07, 6.45) is 2.97. The molecule has 0 bridgehead atoms. The van der Waals surface area contributed by atoms with Gasteiger partial charge in [0.1, 0.15) is 0 Å². The summed E-state index contributed by atoms with van der Waals surface area (Å²) in [4.78, 5) is 13.6. The number of rotatable bonds is 3. The summed E-state index contributed by atoms with van der Waals surface area (Å²) in [5.74, 6) is 0.188. The molecule has 0 aromatic rings. The number of hydrogen-bond donors (Lipinski definition) is 1. The number of aliphatic hydroxyl groups excluding tert-OH is 1. The minimum absolute atomic E-state index is 0.162. The smallest absolute Gasteiger partial charge is 0.223 e. The molecule has 1 heterocycles. The zero-order chi connectivity index (χ0) is 10.8. The molecular weight excluding hydrogens is 178 g/mol. The first-order valence-electron chi connectivity index (χ1n) is 5.46. The molecule has 1 N–H and O–H groups in total. The molecule has 14 heavy (non-hydrogen) atoms. The lowest BCUT2D eigenvalue weighted by Gasteiger charge is -2.31. The number of β-amino-alcohol motifs (C(OH)–C–C–N with tert-alkyl or cyclic N) is 1. The highest BCUT2D eigenvalue weighted by Gasteiger charge is 2.39. The molecule has 3 heteroatoms. The van der Waals surface area contributed by atoms with Crippen LogP contribution in [0.2, 0.25) is 0 Å². The van der Waals surface area contributed by atoms with Gasteiger partial charge in [0.05, 0.1) is 6.10 Å². The Labute approximate surface area is 86.1 Å². The lowest BCUT2D eigenvalue weighted by molar-refractivity contribution is -0.134. The van der Waals surface area contributed by atoms with Crippen LogP contribution in [0.25, 0.3) is 0 Å². The van der Waals surface area contributed by atoms with E-state index in [9.17, 15) is 9.90 Å². The van der Waals surface area contributed by atoms with Crippen molar-refractivity contribution in [2.45, 2.75) is 58.1 Å². The summed E-state index contributed by atoms with van der Waals surface area (Å²) in [6, 6.07) is 0. The molecule has 1 amide bonds. The third-order valence-electron chi connectivity index (χ3n) is 2.90. The highest BCUT2D eigenvalue weighted by Crippen LogP contribution is 2.29. The monoisotopic (exact) mass is 199 g/mol. The third kappa shape index (κ3) is 2.47. The largest absolute Gasteiger partial charge is 0.391 e. The van der Waals surface area contributed by atoms with Crippen molar-refractivity contribution in [2.75, 3.05) is 6.54 Å². The van der Waals surface area contributed by atoms with Gasteiger partial charge in [-0.25, -0.2) is 0 Å². The molecule has 0 aromatic carbocycles. The Morgan fingerprint density at radius 2 is 2.21 bits per heavy atom. The fourth-order valence-electron chi connectivity index (χ4n) is 2.11. The van der Waals surface area contributed by atoms with Crippen molar-refractivity contribution in [2.24, 2.45) is 0 Å². The van der Waals surface area contributed by atoms with Crippen LogP contribution in [-0.4, -0.2) is 34.1 Å². The van der Waals surface area contributed by atoms with Gasteiger partial charge < -0.3 is 10.0 Å². The number of hydrogen-bond acceptors (Lipinski definition) is 2. The van der Waals surface area contributed by atoms with Crippen LogP contribution >= 0.6 is 0 Å². The third-order valence-corrected chi connectivity index (χ3v) is 2.90. The molecule has 1 fully saturated rings. The van der Waals surface area contributed by atoms with Gasteiger partial charge in [0.15, 0.2) is 0 Å². The lowest BCUT2D eigenvalue weighted by atomic mass is 10.0. The van der Waals surface area contributed by atoms with Gasteiger partial charge in [-0.1, -0.05) is 13.3 Å². The minimum Gasteiger partial charge on any atom is -0.391 e. The van der Waals surface area contributed by atoms with Gasteiger partial charge in [-0.3, -0.25) is 4.79 Å². The molecule has 0 saturated carbocycles. The number of carbonyl (C=O) groups is 1. The zero-order valence-electron chi connectivity index (χ0n) is 9.42. The second-order valence-electron chi connectivity index (χ2n) is 4.78. The Bertz CT molecular complexity index is 213. The average molecular weight is 199 g/mol. The van der Waals surface area contributed by atoms with Crippen LogP contribution in [0.1, 0.15) is 46.5 Å². The maximum atomic E-state index is 11.8. The summed E-state index contributed by atoms with van der Waals surface area (Å²) < 4.78 is 0. The van der Waals surface area contributed by atoms with Gasteiger partial charge in [-0.2, -0.15) is 0 Å². The molecule has 0 aromatic heterocycles. The number of unbranched alkanes of at least 4 members (excludes halogenated alkanes) is 1. The van der Waals surface area contributed by atoms with E-state index in [-0.39, 0.29) is 17.6 Å². The van der Waals surface area contributed by atoms with Crippen LogP contribution < -0.4 is 0 Å². The lowest BCUT2D eigenvalue weighted by Crippen LogP contribution is -2.42. The van der Waals surface area contributed by atoms with E-state index >= 15 is 0 Å². The van der Waals surface area contributed by atoms with E-state index in [1.165, 1.54) is 0 Å². The van der Waals surface area contributed by atoms with Crippen molar-refractivity contribution < 1.29 is 9.90 Å². The van der Waals surface area contributed by atoms with Crippen LogP contribution in [0.4, 0.5) is 0 Å². The fraction of sp³-hybridized carbons (Fsp3) is 0.909. The van der Waals surface area contributed by atoms with Crippen molar-refractivity contribution in [3.05, 3.63) is 0 Å². The predicted molar refractivity (Wildman–Crippen MR) is 55.9 cm³/mol. The molecule has 1 unspecified atom stereocenters. The van der Waals surface area contributed by atoms with Gasteiger partial charge in [0, 0.05) is 18.5 Å². The van der Waals surface area contributed by atoms with E-state index < -0.39 is 0 Å². The Morgan fingerprint density at radius 3 is 2.64 bits per heavy atom. The predicted octanol–water partition coefficient (Wildman–Crippen LogP) is 1.55. The van der Waals surface area contributed by atoms with Crippen LogP contribution in [0.5, 0.6) is 0 Å². The molecule has 0 spiro atoms. The number of nitrogens with zero attached hydrogens (tertiary/aromatic N) is 1. The molecule has 1 aliphatic rings. The molecule has 1 atom stereocenters. The normalized spacial score (nSPS) is 25.4. The van der Waals surface area contributed by atoms with Gasteiger partial charge >= 0.3 is 0 Å². The fourth-order valence-corrected chi connectivity index (χ4v) is 2.11. The highest BCUT2D eigenvalue weighted by molar-refractivity contribution is 5.77.